The van der Waals surface area contributed by atoms with Gasteiger partial charge < -0.3 is 5.32 Å². The van der Waals surface area contributed by atoms with Crippen molar-refractivity contribution in [1.82, 2.24) is 4.98 Å². The normalized spacial score (nSPS) is 10.1. The number of carbonyl (C=O) groups excluding carboxylic acids is 1. The van der Waals surface area contributed by atoms with Crippen molar-refractivity contribution >= 4 is 33.5 Å². The van der Waals surface area contributed by atoms with Crippen molar-refractivity contribution in [2.75, 3.05) is 10.6 Å². The number of nitrogens with one attached hydrogen (secondary N) is 2. The number of rotatable bonds is 2. The highest BCUT2D eigenvalue weighted by atomic mass is 79.9. The number of carbonyl (C=O) groups is 1. The summed E-state index contributed by atoms with van der Waals surface area (Å²) in [6.07, 6.45) is 1.62. The molecule has 0 fully saturated rings. The molecule has 4 nitrogen and oxygen atoms in total. The average molecular weight is 320 g/mol. The SMILES string of the molecule is Cc1ccc(NC(=O)Nc2cc(Br)ccn2)cc1C. The molecule has 0 aliphatic carbocycles. The molecule has 0 saturated heterocycles. The number of amides is 2. The molecule has 2 rings (SSSR count). The fraction of sp³-hybridized carbons (Fsp3) is 0.143. The van der Waals surface area contributed by atoms with Crippen molar-refractivity contribution in [3.63, 3.8) is 0 Å². The molecule has 19 heavy (non-hydrogen) atoms. The molecule has 0 bridgehead atoms. The number of benzene rings is 1. The van der Waals surface area contributed by atoms with Crippen LogP contribution in [0.25, 0.3) is 0 Å². The summed E-state index contributed by atoms with van der Waals surface area (Å²) < 4.78 is 0.865. The molecule has 1 aromatic heterocycles. The Labute approximate surface area is 120 Å². The molecule has 0 spiro atoms. The van der Waals surface area contributed by atoms with Gasteiger partial charge in [0.25, 0.3) is 0 Å². The van der Waals surface area contributed by atoms with Crippen LogP contribution in [0.3, 0.4) is 0 Å². The van der Waals surface area contributed by atoms with Crippen LogP contribution in [-0.4, -0.2) is 11.0 Å². The van der Waals surface area contributed by atoms with E-state index in [0.29, 0.717) is 5.82 Å². The lowest BCUT2D eigenvalue weighted by atomic mass is 10.1. The average Bonchev–Trinajstić information content (AvgIpc) is 2.34. The molecule has 0 aliphatic heterocycles. The Kier molecular flexibility index (Phi) is 4.16. The molecule has 5 heteroatoms. The third kappa shape index (κ3) is 3.79. The minimum atomic E-state index is -0.311. The van der Waals surface area contributed by atoms with E-state index in [0.717, 1.165) is 15.7 Å². The highest BCUT2D eigenvalue weighted by Gasteiger charge is 2.04. The van der Waals surface area contributed by atoms with Crippen molar-refractivity contribution in [3.05, 3.63) is 52.1 Å². The number of hydrogen-bond donors (Lipinski definition) is 2. The van der Waals surface area contributed by atoms with E-state index in [1.807, 2.05) is 32.0 Å². The standard InChI is InChI=1S/C14H14BrN3O/c1-9-3-4-12(7-10(9)2)17-14(19)18-13-8-11(15)5-6-16-13/h3-8H,1-2H3,(H2,16,17,18,19). The molecule has 2 aromatic rings. The number of hydrogen-bond acceptors (Lipinski definition) is 2. The van der Waals surface area contributed by atoms with Gasteiger partial charge in [-0.3, -0.25) is 5.32 Å². The van der Waals surface area contributed by atoms with Crippen LogP contribution < -0.4 is 10.6 Å². The van der Waals surface area contributed by atoms with Gasteiger partial charge in [-0.15, -0.1) is 0 Å². The Morgan fingerprint density at radius 3 is 2.58 bits per heavy atom. The van der Waals surface area contributed by atoms with Gasteiger partial charge in [-0.25, -0.2) is 9.78 Å². The van der Waals surface area contributed by atoms with E-state index in [1.165, 1.54) is 5.56 Å². The molecule has 0 unspecified atom stereocenters. The molecule has 1 heterocycles. The van der Waals surface area contributed by atoms with E-state index in [-0.39, 0.29) is 6.03 Å². The van der Waals surface area contributed by atoms with E-state index in [2.05, 4.69) is 31.5 Å². The minimum Gasteiger partial charge on any atom is -0.308 e. The number of halogens is 1. The molecule has 0 saturated carbocycles. The summed E-state index contributed by atoms with van der Waals surface area (Å²) in [5, 5.41) is 5.45. The molecule has 1 aromatic carbocycles. The van der Waals surface area contributed by atoms with Gasteiger partial charge in [0.15, 0.2) is 0 Å². The molecule has 0 radical (unpaired) electrons. The summed E-state index contributed by atoms with van der Waals surface area (Å²) >= 11 is 3.32. The number of urea groups is 1. The van der Waals surface area contributed by atoms with Crippen molar-refractivity contribution in [2.45, 2.75) is 13.8 Å². The second-order valence-corrected chi connectivity index (χ2v) is 5.15. The zero-order valence-electron chi connectivity index (χ0n) is 10.7. The second-order valence-electron chi connectivity index (χ2n) is 4.24. The lowest BCUT2D eigenvalue weighted by molar-refractivity contribution is 0.262. The van der Waals surface area contributed by atoms with E-state index in [4.69, 9.17) is 0 Å². The Morgan fingerprint density at radius 2 is 1.89 bits per heavy atom. The first-order valence-electron chi connectivity index (χ1n) is 5.81. The number of anilines is 2. The summed E-state index contributed by atoms with van der Waals surface area (Å²) in [6, 6.07) is 9.00. The van der Waals surface area contributed by atoms with Crippen molar-refractivity contribution < 1.29 is 4.79 Å². The molecule has 0 atom stereocenters. The fourth-order valence-electron chi connectivity index (χ4n) is 1.57. The largest absolute Gasteiger partial charge is 0.324 e. The van der Waals surface area contributed by atoms with E-state index < -0.39 is 0 Å². The topological polar surface area (TPSA) is 54.0 Å². The zero-order chi connectivity index (χ0) is 13.8. The second kappa shape index (κ2) is 5.84. The van der Waals surface area contributed by atoms with Gasteiger partial charge in [0.05, 0.1) is 0 Å². The Hall–Kier alpha value is -1.88. The van der Waals surface area contributed by atoms with Crippen LogP contribution in [0.15, 0.2) is 41.0 Å². The summed E-state index contributed by atoms with van der Waals surface area (Å²) in [4.78, 5) is 15.9. The highest BCUT2D eigenvalue weighted by Crippen LogP contribution is 2.15. The van der Waals surface area contributed by atoms with Crippen LogP contribution in [0.5, 0.6) is 0 Å². The summed E-state index contributed by atoms with van der Waals surface area (Å²) in [5.74, 6) is 0.496. The van der Waals surface area contributed by atoms with Gasteiger partial charge in [0, 0.05) is 16.4 Å². The van der Waals surface area contributed by atoms with Crippen molar-refractivity contribution in [2.24, 2.45) is 0 Å². The van der Waals surface area contributed by atoms with E-state index in [9.17, 15) is 4.79 Å². The molecule has 0 aliphatic rings. The third-order valence-electron chi connectivity index (χ3n) is 2.73. The molecule has 2 N–H and O–H groups in total. The minimum absolute atomic E-state index is 0.311. The van der Waals surface area contributed by atoms with E-state index >= 15 is 0 Å². The lowest BCUT2D eigenvalue weighted by Crippen LogP contribution is -2.20. The highest BCUT2D eigenvalue weighted by molar-refractivity contribution is 9.10. The van der Waals surface area contributed by atoms with Crippen LogP contribution >= 0.6 is 15.9 Å². The number of nitrogens with zero attached hydrogens (tertiary/aromatic N) is 1. The maximum atomic E-state index is 11.8. The van der Waals surface area contributed by atoms with Gasteiger partial charge >= 0.3 is 6.03 Å². The molecular weight excluding hydrogens is 306 g/mol. The Balaban J connectivity index is 2.03. The van der Waals surface area contributed by atoms with Crippen LogP contribution in [-0.2, 0) is 0 Å². The third-order valence-corrected chi connectivity index (χ3v) is 3.22. The fourth-order valence-corrected chi connectivity index (χ4v) is 1.91. The predicted molar refractivity (Wildman–Crippen MR) is 80.5 cm³/mol. The van der Waals surface area contributed by atoms with Crippen LogP contribution in [0.2, 0.25) is 0 Å². The summed E-state index contributed by atoms with van der Waals surface area (Å²) in [6.45, 7) is 4.04. The van der Waals surface area contributed by atoms with Crippen molar-refractivity contribution in [1.29, 1.82) is 0 Å². The maximum absolute atomic E-state index is 11.8. The Morgan fingerprint density at radius 1 is 1.11 bits per heavy atom. The number of pyridine rings is 1. The van der Waals surface area contributed by atoms with Gasteiger partial charge in [0.1, 0.15) is 5.82 Å². The zero-order valence-corrected chi connectivity index (χ0v) is 12.3. The molecule has 98 valence electrons. The smallest absolute Gasteiger partial charge is 0.308 e. The van der Waals surface area contributed by atoms with Crippen molar-refractivity contribution in [3.8, 4) is 0 Å². The van der Waals surface area contributed by atoms with Crippen LogP contribution in [0.1, 0.15) is 11.1 Å². The van der Waals surface area contributed by atoms with Gasteiger partial charge in [0.2, 0.25) is 0 Å². The first-order valence-corrected chi connectivity index (χ1v) is 6.61. The maximum Gasteiger partial charge on any atom is 0.324 e. The lowest BCUT2D eigenvalue weighted by Gasteiger charge is -2.08. The molecule has 2 amide bonds. The first-order chi connectivity index (χ1) is 9.04. The number of aromatic nitrogens is 1. The summed E-state index contributed by atoms with van der Waals surface area (Å²) in [5.41, 5.74) is 3.09. The predicted octanol–water partition coefficient (Wildman–Crippen LogP) is 4.10. The summed E-state index contributed by atoms with van der Waals surface area (Å²) in [7, 11) is 0. The van der Waals surface area contributed by atoms with Gasteiger partial charge in [-0.1, -0.05) is 22.0 Å². The Bertz CT molecular complexity index is 613. The van der Waals surface area contributed by atoms with Crippen LogP contribution in [0.4, 0.5) is 16.3 Å². The quantitative estimate of drug-likeness (QED) is 0.875. The van der Waals surface area contributed by atoms with Gasteiger partial charge in [-0.05, 0) is 49.2 Å². The van der Waals surface area contributed by atoms with Gasteiger partial charge in [-0.2, -0.15) is 0 Å². The first kappa shape index (κ1) is 13.5. The molecular formula is C14H14BrN3O. The van der Waals surface area contributed by atoms with Crippen LogP contribution in [0, 0.1) is 13.8 Å². The number of aryl methyl sites for hydroxylation is 2. The monoisotopic (exact) mass is 319 g/mol. The van der Waals surface area contributed by atoms with E-state index in [1.54, 1.807) is 18.3 Å².